The molecule has 0 aliphatic carbocycles. The summed E-state index contributed by atoms with van der Waals surface area (Å²) >= 11 is 0. The predicted molar refractivity (Wildman–Crippen MR) is 68.6 cm³/mol. The Kier molecular flexibility index (Phi) is 5.63. The van der Waals surface area contributed by atoms with Gasteiger partial charge in [0.1, 0.15) is 0 Å². The summed E-state index contributed by atoms with van der Waals surface area (Å²) in [4.78, 5) is 17.9. The molecule has 0 aromatic carbocycles. The Balaban J connectivity index is 2.68. The Labute approximate surface area is 103 Å². The Morgan fingerprint density at radius 3 is 2.65 bits per heavy atom. The molecule has 94 valence electrons. The van der Waals surface area contributed by atoms with Gasteiger partial charge in [-0.3, -0.25) is 9.78 Å². The Morgan fingerprint density at radius 2 is 2.18 bits per heavy atom. The Morgan fingerprint density at radius 1 is 1.47 bits per heavy atom. The summed E-state index contributed by atoms with van der Waals surface area (Å²) in [6, 6.07) is 3.85. The molecule has 1 unspecified atom stereocenters. The van der Waals surface area contributed by atoms with Crippen LogP contribution in [0.4, 0.5) is 0 Å². The molecule has 4 nitrogen and oxygen atoms in total. The maximum absolute atomic E-state index is 12.0. The van der Waals surface area contributed by atoms with Gasteiger partial charge in [0, 0.05) is 37.8 Å². The second kappa shape index (κ2) is 7.01. The smallest absolute Gasteiger partial charge is 0.223 e. The van der Waals surface area contributed by atoms with Crippen LogP contribution < -0.4 is 5.73 Å². The third-order valence-electron chi connectivity index (χ3n) is 2.98. The largest absolute Gasteiger partial charge is 0.343 e. The number of carbonyl (C=O) groups is 1. The molecule has 1 aromatic rings. The lowest BCUT2D eigenvalue weighted by atomic mass is 9.97. The zero-order valence-electron chi connectivity index (χ0n) is 10.6. The number of hydrogen-bond donors (Lipinski definition) is 1. The van der Waals surface area contributed by atoms with Gasteiger partial charge in [0.2, 0.25) is 5.91 Å². The Bertz CT molecular complexity index is 336. The molecule has 2 N–H and O–H groups in total. The standard InChI is InChI=1S/C13H21N3O/c1-3-16(4-2)13(17)8-12(9-14)11-6-5-7-15-10-11/h5-7,10,12H,3-4,8-9,14H2,1-2H3. The van der Waals surface area contributed by atoms with Gasteiger partial charge < -0.3 is 10.6 Å². The fraction of sp³-hybridized carbons (Fsp3) is 0.538. The van der Waals surface area contributed by atoms with Crippen molar-refractivity contribution in [2.45, 2.75) is 26.2 Å². The van der Waals surface area contributed by atoms with Crippen LogP contribution in [0.3, 0.4) is 0 Å². The predicted octanol–water partition coefficient (Wildman–Crippen LogP) is 1.38. The molecule has 0 fully saturated rings. The van der Waals surface area contributed by atoms with Crippen LogP contribution in [0.5, 0.6) is 0 Å². The number of carbonyl (C=O) groups excluding carboxylic acids is 1. The highest BCUT2D eigenvalue weighted by molar-refractivity contribution is 5.77. The average molecular weight is 235 g/mol. The molecule has 0 aliphatic heterocycles. The molecular formula is C13H21N3O. The van der Waals surface area contributed by atoms with Gasteiger partial charge >= 0.3 is 0 Å². The molecule has 17 heavy (non-hydrogen) atoms. The lowest BCUT2D eigenvalue weighted by molar-refractivity contribution is -0.131. The van der Waals surface area contributed by atoms with E-state index in [1.807, 2.05) is 30.9 Å². The number of nitrogens with zero attached hydrogens (tertiary/aromatic N) is 2. The van der Waals surface area contributed by atoms with E-state index >= 15 is 0 Å². The van der Waals surface area contributed by atoms with Gasteiger partial charge in [0.15, 0.2) is 0 Å². The van der Waals surface area contributed by atoms with Crippen molar-refractivity contribution in [1.82, 2.24) is 9.88 Å². The van der Waals surface area contributed by atoms with Crippen molar-refractivity contribution < 1.29 is 4.79 Å². The maximum Gasteiger partial charge on any atom is 0.223 e. The second-order valence-corrected chi connectivity index (χ2v) is 3.99. The van der Waals surface area contributed by atoms with Crippen molar-refractivity contribution in [2.75, 3.05) is 19.6 Å². The first-order chi connectivity index (χ1) is 8.22. The summed E-state index contributed by atoms with van der Waals surface area (Å²) in [5.41, 5.74) is 6.78. The van der Waals surface area contributed by atoms with E-state index < -0.39 is 0 Å². The van der Waals surface area contributed by atoms with Crippen LogP contribution in [-0.2, 0) is 4.79 Å². The minimum atomic E-state index is 0.0665. The summed E-state index contributed by atoms with van der Waals surface area (Å²) in [6.45, 7) is 5.95. The maximum atomic E-state index is 12.0. The van der Waals surface area contributed by atoms with Gasteiger partial charge in [-0.25, -0.2) is 0 Å². The minimum Gasteiger partial charge on any atom is -0.343 e. The average Bonchev–Trinajstić information content (AvgIpc) is 2.38. The zero-order valence-corrected chi connectivity index (χ0v) is 10.6. The third-order valence-corrected chi connectivity index (χ3v) is 2.98. The molecule has 1 atom stereocenters. The van der Waals surface area contributed by atoms with Crippen molar-refractivity contribution in [3.63, 3.8) is 0 Å². The van der Waals surface area contributed by atoms with E-state index in [1.165, 1.54) is 0 Å². The quantitative estimate of drug-likeness (QED) is 0.810. The highest BCUT2D eigenvalue weighted by Crippen LogP contribution is 2.18. The van der Waals surface area contributed by atoms with Crippen LogP contribution in [0.2, 0.25) is 0 Å². The molecule has 0 saturated carbocycles. The molecule has 0 radical (unpaired) electrons. The first kappa shape index (κ1) is 13.6. The summed E-state index contributed by atoms with van der Waals surface area (Å²) < 4.78 is 0. The number of hydrogen-bond acceptors (Lipinski definition) is 3. The van der Waals surface area contributed by atoms with Crippen molar-refractivity contribution in [1.29, 1.82) is 0 Å². The number of rotatable bonds is 6. The third kappa shape index (κ3) is 3.82. The molecular weight excluding hydrogens is 214 g/mol. The van der Waals surface area contributed by atoms with Crippen molar-refractivity contribution in [2.24, 2.45) is 5.73 Å². The van der Waals surface area contributed by atoms with E-state index in [4.69, 9.17) is 5.73 Å². The van der Waals surface area contributed by atoms with Gasteiger partial charge in [0.05, 0.1) is 0 Å². The lowest BCUT2D eigenvalue weighted by Crippen LogP contribution is -2.32. The van der Waals surface area contributed by atoms with Crippen LogP contribution in [0.25, 0.3) is 0 Å². The molecule has 0 saturated heterocycles. The lowest BCUT2D eigenvalue weighted by Gasteiger charge is -2.22. The molecule has 1 heterocycles. The van der Waals surface area contributed by atoms with E-state index in [2.05, 4.69) is 4.98 Å². The molecule has 0 spiro atoms. The summed E-state index contributed by atoms with van der Waals surface area (Å²) in [7, 11) is 0. The minimum absolute atomic E-state index is 0.0665. The summed E-state index contributed by atoms with van der Waals surface area (Å²) in [6.07, 6.45) is 3.97. The number of amides is 1. The van der Waals surface area contributed by atoms with Gasteiger partial charge in [-0.15, -0.1) is 0 Å². The fourth-order valence-electron chi connectivity index (χ4n) is 1.87. The second-order valence-electron chi connectivity index (χ2n) is 3.99. The number of nitrogens with two attached hydrogens (primary N) is 1. The van der Waals surface area contributed by atoms with E-state index in [0.29, 0.717) is 13.0 Å². The topological polar surface area (TPSA) is 59.2 Å². The molecule has 1 rings (SSSR count). The van der Waals surface area contributed by atoms with Crippen LogP contribution in [0, 0.1) is 0 Å². The van der Waals surface area contributed by atoms with Gasteiger partial charge in [-0.05, 0) is 32.0 Å². The normalized spacial score (nSPS) is 12.2. The molecule has 0 bridgehead atoms. The highest BCUT2D eigenvalue weighted by Gasteiger charge is 2.17. The SMILES string of the molecule is CCN(CC)C(=O)CC(CN)c1cccnc1. The highest BCUT2D eigenvalue weighted by atomic mass is 16.2. The van der Waals surface area contributed by atoms with Crippen LogP contribution >= 0.6 is 0 Å². The van der Waals surface area contributed by atoms with Crippen molar-refractivity contribution >= 4 is 5.91 Å². The number of pyridine rings is 1. The molecule has 4 heteroatoms. The van der Waals surface area contributed by atoms with E-state index in [9.17, 15) is 4.79 Å². The first-order valence-corrected chi connectivity index (χ1v) is 6.10. The summed E-state index contributed by atoms with van der Waals surface area (Å²) in [5.74, 6) is 0.228. The fourth-order valence-corrected chi connectivity index (χ4v) is 1.87. The van der Waals surface area contributed by atoms with Crippen LogP contribution in [0.1, 0.15) is 31.7 Å². The van der Waals surface area contributed by atoms with Crippen LogP contribution in [0.15, 0.2) is 24.5 Å². The first-order valence-electron chi connectivity index (χ1n) is 6.10. The molecule has 0 aliphatic rings. The number of aromatic nitrogens is 1. The Hall–Kier alpha value is -1.42. The van der Waals surface area contributed by atoms with Crippen LogP contribution in [-0.4, -0.2) is 35.4 Å². The van der Waals surface area contributed by atoms with Crippen molar-refractivity contribution in [3.05, 3.63) is 30.1 Å². The van der Waals surface area contributed by atoms with Gasteiger partial charge in [-0.2, -0.15) is 0 Å². The van der Waals surface area contributed by atoms with E-state index in [0.717, 1.165) is 18.7 Å². The molecule has 1 aromatic heterocycles. The molecule has 1 amide bonds. The van der Waals surface area contributed by atoms with E-state index in [-0.39, 0.29) is 11.8 Å². The van der Waals surface area contributed by atoms with E-state index in [1.54, 1.807) is 12.4 Å². The van der Waals surface area contributed by atoms with Crippen molar-refractivity contribution in [3.8, 4) is 0 Å². The summed E-state index contributed by atoms with van der Waals surface area (Å²) in [5, 5.41) is 0. The van der Waals surface area contributed by atoms with Gasteiger partial charge in [-0.1, -0.05) is 6.07 Å². The zero-order chi connectivity index (χ0) is 12.7. The van der Waals surface area contributed by atoms with Gasteiger partial charge in [0.25, 0.3) is 0 Å². The monoisotopic (exact) mass is 235 g/mol.